The lowest BCUT2D eigenvalue weighted by Gasteiger charge is -2.51. The molecule has 0 aromatic carbocycles. The van der Waals surface area contributed by atoms with Gasteiger partial charge in [-0.25, -0.2) is 0 Å². The van der Waals surface area contributed by atoms with Crippen LogP contribution in [0, 0.1) is 11.8 Å². The van der Waals surface area contributed by atoms with Crippen LogP contribution in [-0.2, 0) is 52.2 Å². The van der Waals surface area contributed by atoms with Gasteiger partial charge in [0, 0.05) is 38.2 Å². The minimum atomic E-state index is -0.808. The predicted octanol–water partition coefficient (Wildman–Crippen LogP) is 3.59. The first-order valence-electron chi connectivity index (χ1n) is 21.3. The van der Waals surface area contributed by atoms with Crippen LogP contribution in [0.2, 0.25) is 0 Å². The highest BCUT2D eigenvalue weighted by Gasteiger charge is 2.69. The van der Waals surface area contributed by atoms with Crippen molar-refractivity contribution in [3.63, 3.8) is 0 Å². The van der Waals surface area contributed by atoms with E-state index in [1.54, 1.807) is 0 Å². The molecule has 11 aliphatic heterocycles. The Labute approximate surface area is 323 Å². The van der Waals surface area contributed by atoms with Gasteiger partial charge in [0.25, 0.3) is 0 Å². The second-order valence-electron chi connectivity index (χ2n) is 18.5. The van der Waals surface area contributed by atoms with Gasteiger partial charge in [-0.05, 0) is 68.4 Å². The Balaban J connectivity index is 0.934. The second-order valence-corrected chi connectivity index (χ2v) is 18.5. The molecule has 306 valence electrons. The Hall–Kier alpha value is -1.49. The van der Waals surface area contributed by atoms with Gasteiger partial charge < -0.3 is 57.6 Å². The monoisotopic (exact) mass is 772 g/mol. The summed E-state index contributed by atoms with van der Waals surface area (Å²) < 4.78 is 66.9. The van der Waals surface area contributed by atoms with Gasteiger partial charge in [0.15, 0.2) is 5.79 Å². The van der Waals surface area contributed by atoms with Crippen LogP contribution in [0.5, 0.6) is 0 Å². The molecule has 11 aliphatic rings. The standard InChI is InChI=1S/C42H60O13/c1-19-13-23-5-7-27-20(2)14-25(46-27)9-11-42-18-33-38(54-42)39-40(52-33)41(55-42)37-29(51-39)8-6-24(48-37)15-34(45)53-36-22(4)35-31(16-26(44)28(50-35)10-12-43)49-32(36)17-30(47-23)21(19)3/h19,22-33,35-41,43-44H,2-3,5-18H2,1,4H3. The SMILES string of the molecule is C=C1CC2CCC34CC5OC6C(OC7CCC(CC(=O)OC8C(CC9OC(CCC1O2)CC(C)C9=C)OC1CC(O)C(CCO)OC1C8C)OC7C6O3)C5O4. The van der Waals surface area contributed by atoms with Crippen LogP contribution in [-0.4, -0.2) is 138 Å². The zero-order valence-electron chi connectivity index (χ0n) is 32.2. The predicted molar refractivity (Wildman–Crippen MR) is 193 cm³/mol. The van der Waals surface area contributed by atoms with Crippen LogP contribution in [0.15, 0.2) is 24.3 Å². The van der Waals surface area contributed by atoms with Gasteiger partial charge in [-0.3, -0.25) is 4.79 Å². The maximum atomic E-state index is 14.0. The molecule has 11 heterocycles. The topological polar surface area (TPSA) is 150 Å². The zero-order valence-corrected chi connectivity index (χ0v) is 32.2. The molecular weight excluding hydrogens is 712 g/mol. The summed E-state index contributed by atoms with van der Waals surface area (Å²) in [6, 6.07) is 0. The molecule has 11 fully saturated rings. The quantitative estimate of drug-likeness (QED) is 0.312. The van der Waals surface area contributed by atoms with Gasteiger partial charge in [-0.15, -0.1) is 0 Å². The van der Waals surface area contributed by atoms with E-state index >= 15 is 0 Å². The third-order valence-electron chi connectivity index (χ3n) is 14.8. The number of aliphatic hydroxyl groups excluding tert-OH is 2. The van der Waals surface area contributed by atoms with Gasteiger partial charge in [0.2, 0.25) is 0 Å². The Bertz CT molecular complexity index is 1490. The summed E-state index contributed by atoms with van der Waals surface area (Å²) in [4.78, 5) is 14.0. The molecule has 13 nitrogen and oxygen atoms in total. The lowest BCUT2D eigenvalue weighted by Crippen LogP contribution is -2.62. The molecule has 11 rings (SSSR count). The number of ether oxygens (including phenoxy) is 10. The van der Waals surface area contributed by atoms with Gasteiger partial charge >= 0.3 is 5.97 Å². The fourth-order valence-electron chi connectivity index (χ4n) is 11.9. The van der Waals surface area contributed by atoms with Crippen molar-refractivity contribution in [2.45, 2.75) is 213 Å². The van der Waals surface area contributed by atoms with Crippen LogP contribution >= 0.6 is 0 Å². The maximum Gasteiger partial charge on any atom is 0.308 e. The second kappa shape index (κ2) is 14.7. The fraction of sp³-hybridized carbons (Fsp3) is 0.881. The van der Waals surface area contributed by atoms with E-state index < -0.39 is 48.5 Å². The molecule has 55 heavy (non-hydrogen) atoms. The summed E-state index contributed by atoms with van der Waals surface area (Å²) in [7, 11) is 0. The summed E-state index contributed by atoms with van der Waals surface area (Å²) in [6.45, 7) is 13.1. The molecule has 2 N–H and O–H groups in total. The van der Waals surface area contributed by atoms with E-state index in [2.05, 4.69) is 20.1 Å². The number of rotatable bonds is 2. The van der Waals surface area contributed by atoms with Gasteiger partial charge in [0.05, 0.1) is 79.7 Å². The van der Waals surface area contributed by atoms with Crippen LogP contribution in [0.3, 0.4) is 0 Å². The number of carbonyl (C=O) groups excluding carboxylic acids is 1. The lowest BCUT2D eigenvalue weighted by molar-refractivity contribution is -0.293. The third-order valence-corrected chi connectivity index (χ3v) is 14.8. The van der Waals surface area contributed by atoms with Crippen LogP contribution in [0.25, 0.3) is 0 Å². The molecule has 0 saturated carbocycles. The minimum absolute atomic E-state index is 0.00281. The Morgan fingerprint density at radius 1 is 0.673 bits per heavy atom. The van der Waals surface area contributed by atoms with Crippen LogP contribution in [0.4, 0.5) is 0 Å². The average Bonchev–Trinajstić information content (AvgIpc) is 3.74. The van der Waals surface area contributed by atoms with E-state index in [1.165, 1.54) is 0 Å². The minimum Gasteiger partial charge on any atom is -0.459 e. The highest BCUT2D eigenvalue weighted by atomic mass is 16.8. The maximum absolute atomic E-state index is 14.0. The summed E-state index contributed by atoms with van der Waals surface area (Å²) in [5.41, 5.74) is 2.14. The molecule has 12 bridgehead atoms. The van der Waals surface area contributed by atoms with Crippen molar-refractivity contribution in [3.05, 3.63) is 24.3 Å². The van der Waals surface area contributed by atoms with Crippen LogP contribution < -0.4 is 0 Å². The van der Waals surface area contributed by atoms with E-state index in [0.717, 1.165) is 49.7 Å². The molecule has 0 amide bonds. The highest BCUT2D eigenvalue weighted by Crippen LogP contribution is 2.54. The molecular formula is C42H60O13. The molecule has 11 saturated heterocycles. The Morgan fingerprint density at radius 2 is 1.42 bits per heavy atom. The molecule has 21 unspecified atom stereocenters. The van der Waals surface area contributed by atoms with Crippen LogP contribution in [0.1, 0.15) is 97.3 Å². The molecule has 0 aromatic heterocycles. The molecule has 21 atom stereocenters. The smallest absolute Gasteiger partial charge is 0.308 e. The van der Waals surface area contributed by atoms with Gasteiger partial charge in [-0.1, -0.05) is 27.0 Å². The van der Waals surface area contributed by atoms with Crippen molar-refractivity contribution in [2.75, 3.05) is 6.61 Å². The summed E-state index contributed by atoms with van der Waals surface area (Å²) >= 11 is 0. The molecule has 0 aliphatic carbocycles. The normalized spacial score (nSPS) is 54.9. The van der Waals surface area contributed by atoms with Crippen molar-refractivity contribution in [1.82, 2.24) is 0 Å². The first kappa shape index (κ1) is 37.8. The Kier molecular flexibility index (Phi) is 10.1. The summed E-state index contributed by atoms with van der Waals surface area (Å²) in [5, 5.41) is 20.6. The van der Waals surface area contributed by atoms with Crippen molar-refractivity contribution in [1.29, 1.82) is 0 Å². The van der Waals surface area contributed by atoms with Crippen molar-refractivity contribution in [3.8, 4) is 0 Å². The first-order valence-corrected chi connectivity index (χ1v) is 21.3. The number of fused-ring (bicyclic) bond motifs is 7. The number of hydrogen-bond acceptors (Lipinski definition) is 13. The van der Waals surface area contributed by atoms with E-state index in [0.29, 0.717) is 38.5 Å². The zero-order chi connectivity index (χ0) is 37.7. The van der Waals surface area contributed by atoms with E-state index in [4.69, 9.17) is 47.4 Å². The largest absolute Gasteiger partial charge is 0.459 e. The van der Waals surface area contributed by atoms with E-state index in [-0.39, 0.29) is 98.0 Å². The number of aliphatic hydroxyl groups is 2. The average molecular weight is 773 g/mol. The number of hydrogen-bond donors (Lipinski definition) is 2. The third kappa shape index (κ3) is 6.79. The van der Waals surface area contributed by atoms with E-state index in [9.17, 15) is 15.0 Å². The fourth-order valence-corrected chi connectivity index (χ4v) is 11.9. The van der Waals surface area contributed by atoms with Gasteiger partial charge in [0.1, 0.15) is 36.6 Å². The molecule has 0 aromatic rings. The first-order chi connectivity index (χ1) is 26.5. The van der Waals surface area contributed by atoms with Crippen molar-refractivity contribution >= 4 is 5.97 Å². The van der Waals surface area contributed by atoms with Crippen molar-refractivity contribution in [2.24, 2.45) is 11.8 Å². The highest BCUT2D eigenvalue weighted by molar-refractivity contribution is 5.70. The summed E-state index contributed by atoms with van der Waals surface area (Å²) in [6.07, 6.45) is 2.38. The number of carbonyl (C=O) groups is 1. The van der Waals surface area contributed by atoms with E-state index in [1.807, 2.05) is 6.92 Å². The summed E-state index contributed by atoms with van der Waals surface area (Å²) in [5.74, 6) is -1.18. The molecule has 1 spiro atoms. The Morgan fingerprint density at radius 3 is 2.27 bits per heavy atom. The van der Waals surface area contributed by atoms with Gasteiger partial charge in [-0.2, -0.15) is 0 Å². The van der Waals surface area contributed by atoms with Crippen molar-refractivity contribution < 1.29 is 62.4 Å². The molecule has 0 radical (unpaired) electrons. The lowest BCUT2D eigenvalue weighted by atomic mass is 9.79. The number of esters is 1. The molecule has 13 heteroatoms.